The maximum absolute atomic E-state index is 12.3. The Bertz CT molecular complexity index is 752. The number of aliphatic hydroxyl groups excluding tert-OH is 1. The Morgan fingerprint density at radius 3 is 2.39 bits per heavy atom. The number of hydrogen-bond acceptors (Lipinski definition) is 5. The van der Waals surface area contributed by atoms with E-state index in [0.717, 1.165) is 12.3 Å². The molecule has 2 rings (SSSR count). The van der Waals surface area contributed by atoms with Crippen LogP contribution in [-0.4, -0.2) is 45.8 Å². The van der Waals surface area contributed by atoms with Gasteiger partial charge in [0.25, 0.3) is 5.91 Å². The van der Waals surface area contributed by atoms with Gasteiger partial charge in [-0.15, -0.1) is 0 Å². The Morgan fingerprint density at radius 1 is 1.13 bits per heavy atom. The molecule has 0 aliphatic rings. The second kappa shape index (κ2) is 6.89. The summed E-state index contributed by atoms with van der Waals surface area (Å²) < 4.78 is 0. The fourth-order valence-corrected chi connectivity index (χ4v) is 2.14. The number of carbonyl (C=O) groups is 3. The van der Waals surface area contributed by atoms with E-state index in [4.69, 9.17) is 15.1 Å². The molecule has 7 heteroatoms. The van der Waals surface area contributed by atoms with Gasteiger partial charge in [-0.05, 0) is 16.8 Å². The van der Waals surface area contributed by atoms with Gasteiger partial charge in [0.1, 0.15) is 0 Å². The quantitative estimate of drug-likeness (QED) is 0.821. The lowest BCUT2D eigenvalue weighted by Crippen LogP contribution is -2.47. The van der Waals surface area contributed by atoms with E-state index in [0.29, 0.717) is 10.4 Å². The number of hydrogen-bond donors (Lipinski definition) is 2. The number of rotatable bonds is 4. The average molecular weight is 317 g/mol. The van der Waals surface area contributed by atoms with Crippen LogP contribution >= 0.6 is 0 Å². The highest BCUT2D eigenvalue weighted by Gasteiger charge is 2.31. The molecule has 2 aromatic rings. The van der Waals surface area contributed by atoms with Crippen LogP contribution in [0.25, 0.3) is 10.8 Å². The van der Waals surface area contributed by atoms with Gasteiger partial charge in [-0.25, -0.2) is 9.59 Å². The first-order valence-electron chi connectivity index (χ1n) is 6.79. The summed E-state index contributed by atoms with van der Waals surface area (Å²) in [6.07, 6.45) is 0. The third kappa shape index (κ3) is 3.46. The number of benzene rings is 2. The van der Waals surface area contributed by atoms with Crippen molar-refractivity contribution in [2.24, 2.45) is 0 Å². The smallest absolute Gasteiger partial charge is 0.363 e. The molecule has 0 aromatic heterocycles. The van der Waals surface area contributed by atoms with Crippen LogP contribution in [0.5, 0.6) is 0 Å². The summed E-state index contributed by atoms with van der Waals surface area (Å²) in [5.41, 5.74) is 0.191. The van der Waals surface area contributed by atoms with Crippen LogP contribution in [0.15, 0.2) is 42.5 Å². The van der Waals surface area contributed by atoms with Crippen LogP contribution in [0.3, 0.4) is 0 Å². The summed E-state index contributed by atoms with van der Waals surface area (Å²) in [5, 5.41) is 19.9. The molecule has 0 fully saturated rings. The van der Waals surface area contributed by atoms with Crippen LogP contribution in [0.4, 0.5) is 0 Å². The molecule has 0 saturated carbocycles. The molecule has 0 unspecified atom stereocenters. The molecule has 0 spiro atoms. The molecule has 7 nitrogen and oxygen atoms in total. The Kier molecular flexibility index (Phi) is 4.92. The standard InChI is InChI=1S/C16H15NO6/c1-10(19)17(14(9-18)15(20)21)23-16(22)13-8-4-6-11-5-2-3-7-12(11)13/h2-8,14,18H,9H2,1H3,(H,20,21)/t14-/m0/s1. The van der Waals surface area contributed by atoms with Crippen molar-refractivity contribution >= 4 is 28.6 Å². The fraction of sp³-hybridized carbons (Fsp3) is 0.188. The lowest BCUT2D eigenvalue weighted by atomic mass is 10.1. The van der Waals surface area contributed by atoms with E-state index in [-0.39, 0.29) is 5.56 Å². The van der Waals surface area contributed by atoms with Crippen LogP contribution in [0, 0.1) is 0 Å². The maximum atomic E-state index is 12.3. The molecule has 1 atom stereocenters. The second-order valence-electron chi connectivity index (χ2n) is 4.79. The molecule has 1 amide bonds. The molecule has 0 aliphatic heterocycles. The van der Waals surface area contributed by atoms with Gasteiger partial charge in [-0.2, -0.15) is 5.06 Å². The molecule has 0 bridgehead atoms. The summed E-state index contributed by atoms with van der Waals surface area (Å²) in [4.78, 5) is 39.9. The molecule has 0 radical (unpaired) electrons. The van der Waals surface area contributed by atoms with E-state index in [1.807, 2.05) is 18.2 Å². The van der Waals surface area contributed by atoms with Crippen molar-refractivity contribution in [2.75, 3.05) is 6.61 Å². The van der Waals surface area contributed by atoms with Gasteiger partial charge in [-0.3, -0.25) is 4.79 Å². The van der Waals surface area contributed by atoms with E-state index < -0.39 is 30.5 Å². The molecule has 0 aliphatic carbocycles. The third-order valence-electron chi connectivity index (χ3n) is 3.24. The number of nitrogens with zero attached hydrogens (tertiary/aromatic N) is 1. The van der Waals surface area contributed by atoms with Crippen LogP contribution in [0.1, 0.15) is 17.3 Å². The molecule has 2 aromatic carbocycles. The molecule has 2 N–H and O–H groups in total. The van der Waals surface area contributed by atoms with Crippen molar-refractivity contribution in [3.05, 3.63) is 48.0 Å². The fourth-order valence-electron chi connectivity index (χ4n) is 2.14. The van der Waals surface area contributed by atoms with Crippen LogP contribution in [-0.2, 0) is 14.4 Å². The van der Waals surface area contributed by atoms with Crippen molar-refractivity contribution in [1.29, 1.82) is 0 Å². The number of aliphatic carboxylic acids is 1. The average Bonchev–Trinajstić information content (AvgIpc) is 2.53. The van der Waals surface area contributed by atoms with Crippen molar-refractivity contribution in [2.45, 2.75) is 13.0 Å². The molecular weight excluding hydrogens is 302 g/mol. The van der Waals surface area contributed by atoms with Crippen molar-refractivity contribution in [1.82, 2.24) is 5.06 Å². The summed E-state index contributed by atoms with van der Waals surface area (Å²) in [6, 6.07) is 10.4. The Labute approximate surface area is 131 Å². The van der Waals surface area contributed by atoms with Crippen molar-refractivity contribution in [3.8, 4) is 0 Å². The molecule has 23 heavy (non-hydrogen) atoms. The lowest BCUT2D eigenvalue weighted by molar-refractivity contribution is -0.188. The predicted octanol–water partition coefficient (Wildman–Crippen LogP) is 1.21. The monoisotopic (exact) mass is 317 g/mol. The summed E-state index contributed by atoms with van der Waals surface area (Å²) in [6.45, 7) is 0.166. The van der Waals surface area contributed by atoms with E-state index in [9.17, 15) is 14.4 Å². The Balaban J connectivity index is 2.35. The highest BCUT2D eigenvalue weighted by atomic mass is 16.7. The zero-order chi connectivity index (χ0) is 17.0. The third-order valence-corrected chi connectivity index (χ3v) is 3.24. The SMILES string of the molecule is CC(=O)N(OC(=O)c1cccc2ccccc12)[C@@H](CO)C(=O)O. The van der Waals surface area contributed by atoms with Crippen LogP contribution < -0.4 is 0 Å². The number of amides is 1. The number of carbonyl (C=O) groups excluding carboxylic acids is 2. The first-order valence-corrected chi connectivity index (χ1v) is 6.79. The van der Waals surface area contributed by atoms with Gasteiger partial charge in [0.15, 0.2) is 6.04 Å². The van der Waals surface area contributed by atoms with Gasteiger partial charge < -0.3 is 15.1 Å². The van der Waals surface area contributed by atoms with Gasteiger partial charge in [0.05, 0.1) is 12.2 Å². The highest BCUT2D eigenvalue weighted by molar-refractivity contribution is 6.04. The first kappa shape index (κ1) is 16.4. The van der Waals surface area contributed by atoms with Crippen molar-refractivity contribution in [3.63, 3.8) is 0 Å². The Hall–Kier alpha value is -2.93. The molecule has 0 saturated heterocycles. The maximum Gasteiger partial charge on any atom is 0.363 e. The summed E-state index contributed by atoms with van der Waals surface area (Å²) >= 11 is 0. The minimum absolute atomic E-state index is 0.191. The van der Waals surface area contributed by atoms with Gasteiger partial charge in [-0.1, -0.05) is 36.4 Å². The number of hydroxylamine groups is 2. The molecule has 0 heterocycles. The van der Waals surface area contributed by atoms with E-state index in [1.54, 1.807) is 18.2 Å². The zero-order valence-corrected chi connectivity index (χ0v) is 12.3. The predicted molar refractivity (Wildman–Crippen MR) is 80.4 cm³/mol. The van der Waals surface area contributed by atoms with Gasteiger partial charge in [0, 0.05) is 6.92 Å². The molecule has 120 valence electrons. The minimum Gasteiger partial charge on any atom is -0.480 e. The van der Waals surface area contributed by atoms with E-state index in [2.05, 4.69) is 0 Å². The van der Waals surface area contributed by atoms with Gasteiger partial charge in [0.2, 0.25) is 0 Å². The van der Waals surface area contributed by atoms with E-state index in [1.165, 1.54) is 6.07 Å². The second-order valence-corrected chi connectivity index (χ2v) is 4.79. The zero-order valence-electron chi connectivity index (χ0n) is 12.3. The largest absolute Gasteiger partial charge is 0.480 e. The number of carboxylic acids is 1. The topological polar surface area (TPSA) is 104 Å². The van der Waals surface area contributed by atoms with E-state index >= 15 is 0 Å². The number of fused-ring (bicyclic) bond motifs is 1. The number of carboxylic acid groups (broad SMARTS) is 1. The van der Waals surface area contributed by atoms with Gasteiger partial charge >= 0.3 is 11.9 Å². The highest BCUT2D eigenvalue weighted by Crippen LogP contribution is 2.20. The normalized spacial score (nSPS) is 11.7. The summed E-state index contributed by atoms with van der Waals surface area (Å²) in [7, 11) is 0. The van der Waals surface area contributed by atoms with Crippen molar-refractivity contribution < 1.29 is 29.4 Å². The van der Waals surface area contributed by atoms with Crippen LogP contribution in [0.2, 0.25) is 0 Å². The minimum atomic E-state index is -1.66. The molecular formula is C16H15NO6. The number of aliphatic hydroxyl groups is 1. The summed E-state index contributed by atoms with van der Waals surface area (Å²) in [5.74, 6) is -3.16. The Morgan fingerprint density at radius 2 is 1.78 bits per heavy atom. The first-order chi connectivity index (χ1) is 11.0. The lowest BCUT2D eigenvalue weighted by Gasteiger charge is -2.24.